The van der Waals surface area contributed by atoms with Crippen LogP contribution in [0.4, 0.5) is 5.69 Å². The number of hydrogen-bond acceptors (Lipinski definition) is 13. The number of rotatable bonds is 17. The summed E-state index contributed by atoms with van der Waals surface area (Å²) < 4.78 is 13.7. The van der Waals surface area contributed by atoms with E-state index in [1.165, 1.54) is 4.90 Å². The van der Waals surface area contributed by atoms with Crippen molar-refractivity contribution < 1.29 is 33.8 Å². The van der Waals surface area contributed by atoms with Crippen LogP contribution in [0, 0.1) is 33.1 Å². The number of nitrogens with zero attached hydrogens (tertiary/aromatic N) is 6. The molecule has 6 aromatic rings. The predicted molar refractivity (Wildman–Crippen MR) is 276 cm³/mol. The van der Waals surface area contributed by atoms with E-state index in [0.717, 1.165) is 54.0 Å². The lowest BCUT2D eigenvalue weighted by atomic mass is 9.85. The molecular weight excluding hydrogens is 962 g/mol. The van der Waals surface area contributed by atoms with E-state index in [1.807, 2.05) is 93.2 Å². The second-order valence-corrected chi connectivity index (χ2v) is 21.4. The molecule has 1 unspecified atom stereocenters. The Morgan fingerprint density at radius 1 is 0.944 bits per heavy atom. The number of halogens is 1. The minimum absolute atomic E-state index is 0.00742. The van der Waals surface area contributed by atoms with E-state index in [0.29, 0.717) is 34.5 Å². The van der Waals surface area contributed by atoms with Gasteiger partial charge in [-0.25, -0.2) is 4.98 Å². The number of aromatic nitrogens is 4. The fraction of sp³-hybridized carbons (Fsp3) is 0.385. The van der Waals surface area contributed by atoms with Gasteiger partial charge in [0, 0.05) is 58.7 Å². The van der Waals surface area contributed by atoms with Crippen LogP contribution in [0.5, 0.6) is 5.75 Å². The molecule has 4 N–H and O–H groups in total. The smallest absolute Gasteiger partial charge is 0.246 e. The summed E-state index contributed by atoms with van der Waals surface area (Å²) in [7, 11) is 0. The highest BCUT2D eigenvalue weighted by atomic mass is 35.5. The first-order valence-corrected chi connectivity index (χ1v) is 25.5. The Labute approximate surface area is 425 Å². The van der Waals surface area contributed by atoms with Gasteiger partial charge in [0.1, 0.15) is 41.3 Å². The molecule has 19 heteroatoms. The van der Waals surface area contributed by atoms with E-state index >= 15 is 0 Å². The van der Waals surface area contributed by atoms with Crippen LogP contribution in [0.25, 0.3) is 15.4 Å². The first-order valence-electron chi connectivity index (χ1n) is 23.5. The number of fused-ring (bicyclic) bond motifs is 3. The number of ether oxygens (including phenoxy) is 2. The zero-order chi connectivity index (χ0) is 50.6. The van der Waals surface area contributed by atoms with Gasteiger partial charge in [0.2, 0.25) is 23.6 Å². The fourth-order valence-corrected chi connectivity index (χ4v) is 10.8. The van der Waals surface area contributed by atoms with Crippen molar-refractivity contribution in [1.29, 1.82) is 0 Å². The van der Waals surface area contributed by atoms with E-state index in [2.05, 4.69) is 45.0 Å². The summed E-state index contributed by atoms with van der Waals surface area (Å²) in [5.41, 5.74) is 8.25. The van der Waals surface area contributed by atoms with Crippen molar-refractivity contribution in [3.8, 4) is 21.2 Å². The number of thiazole rings is 1. The van der Waals surface area contributed by atoms with E-state index in [1.54, 1.807) is 46.9 Å². The summed E-state index contributed by atoms with van der Waals surface area (Å²) >= 11 is 9.48. The summed E-state index contributed by atoms with van der Waals surface area (Å²) in [6, 6.07) is 20.0. The second-order valence-electron chi connectivity index (χ2n) is 18.9. The molecular formula is C52H58ClN9O7S2. The van der Waals surface area contributed by atoms with Gasteiger partial charge in [-0.1, -0.05) is 74.8 Å². The lowest BCUT2D eigenvalue weighted by Crippen LogP contribution is -2.58. The van der Waals surface area contributed by atoms with Crippen LogP contribution < -0.4 is 20.7 Å². The minimum atomic E-state index is -0.989. The lowest BCUT2D eigenvalue weighted by Gasteiger charge is -2.35. The van der Waals surface area contributed by atoms with Crippen LogP contribution in [-0.2, 0) is 30.5 Å². The Kier molecular flexibility index (Phi) is 15.8. The highest BCUT2D eigenvalue weighted by Gasteiger charge is 2.44. The number of aliphatic hydroxyl groups excluding tert-OH is 1. The van der Waals surface area contributed by atoms with E-state index < -0.39 is 41.5 Å². The third-order valence-electron chi connectivity index (χ3n) is 12.5. The van der Waals surface area contributed by atoms with E-state index in [-0.39, 0.29) is 57.6 Å². The van der Waals surface area contributed by atoms with E-state index in [4.69, 9.17) is 26.1 Å². The van der Waals surface area contributed by atoms with Gasteiger partial charge in [0.25, 0.3) is 0 Å². The first-order chi connectivity index (χ1) is 33.9. The van der Waals surface area contributed by atoms with Gasteiger partial charge in [-0.3, -0.25) is 28.7 Å². The Morgan fingerprint density at radius 2 is 1.69 bits per heavy atom. The van der Waals surface area contributed by atoms with Crippen LogP contribution in [0.3, 0.4) is 0 Å². The Hall–Kier alpha value is -6.31. The molecule has 2 aliphatic heterocycles. The predicted octanol–water partition coefficient (Wildman–Crippen LogP) is 7.85. The average molecular weight is 1020 g/mol. The minimum Gasteiger partial charge on any atom is -0.493 e. The molecule has 4 amide bonds. The standard InChI is InChI=1S/C52H58ClN9O7S2/c1-29-31(3)71-51-44(29)45(34-16-18-36(53)19-17-34)57-40(48-60-59-32(4)62(48)51)24-42(64)56-37-10-8-11-39(22-37)69-21-9-20-68-27-43(65)58-47(52(5,6)7)50(67)61-26-38(63)23-41(61)49(66)54-25-33-12-14-35(15-13-33)46-30(2)55-28-70-46/h8,10-19,22,28,38,40-41,47,63H,9,20-21,23-27H2,1-7H3,(H,54,66)(H,56,64)(H,58,65)/t38-,40?,41+,47-/m1/s1. The number of likely N-dealkylation sites (tertiary alicyclic amines) is 1. The number of benzene rings is 3. The van der Waals surface area contributed by atoms with Gasteiger partial charge in [-0.2, -0.15) is 0 Å². The highest BCUT2D eigenvalue weighted by Crippen LogP contribution is 2.40. The molecule has 0 radical (unpaired) electrons. The number of hydrogen-bond donors (Lipinski definition) is 4. The molecule has 1 saturated heterocycles. The molecule has 372 valence electrons. The monoisotopic (exact) mass is 1020 g/mol. The second kappa shape index (κ2) is 22.0. The van der Waals surface area contributed by atoms with Gasteiger partial charge in [-0.15, -0.1) is 32.9 Å². The molecule has 0 bridgehead atoms. The number of amides is 4. The Balaban J connectivity index is 0.805. The topological polar surface area (TPSA) is 202 Å². The van der Waals surface area contributed by atoms with Crippen molar-refractivity contribution in [2.24, 2.45) is 10.4 Å². The number of carbonyl (C=O) groups excluding carboxylic acids is 4. The van der Waals surface area contributed by atoms with Crippen molar-refractivity contribution >= 4 is 69.3 Å². The molecule has 2 aliphatic rings. The van der Waals surface area contributed by atoms with E-state index in [9.17, 15) is 24.3 Å². The molecule has 8 rings (SSSR count). The van der Waals surface area contributed by atoms with Crippen LogP contribution in [0.15, 0.2) is 83.3 Å². The van der Waals surface area contributed by atoms with Crippen molar-refractivity contribution in [2.45, 2.75) is 98.5 Å². The van der Waals surface area contributed by atoms with Crippen LogP contribution in [0.1, 0.15) is 90.5 Å². The number of thiophene rings is 1. The van der Waals surface area contributed by atoms with Crippen molar-refractivity contribution in [3.63, 3.8) is 0 Å². The third-order valence-corrected chi connectivity index (χ3v) is 14.9. The Morgan fingerprint density at radius 3 is 2.41 bits per heavy atom. The summed E-state index contributed by atoms with van der Waals surface area (Å²) in [4.78, 5) is 67.6. The molecule has 71 heavy (non-hydrogen) atoms. The lowest BCUT2D eigenvalue weighted by molar-refractivity contribution is -0.144. The first kappa shape index (κ1) is 51.1. The van der Waals surface area contributed by atoms with Gasteiger partial charge in [0.15, 0.2) is 5.82 Å². The van der Waals surface area contributed by atoms with Crippen LogP contribution in [-0.4, -0.2) is 104 Å². The van der Waals surface area contributed by atoms with Crippen molar-refractivity contribution in [2.75, 3.05) is 31.7 Å². The summed E-state index contributed by atoms with van der Waals surface area (Å²) in [5, 5.41) is 29.8. The number of aliphatic hydroxyl groups is 1. The number of nitrogens with one attached hydrogen (secondary N) is 3. The third kappa shape index (κ3) is 11.9. The summed E-state index contributed by atoms with van der Waals surface area (Å²) in [6.07, 6.45) is -0.348. The molecule has 16 nitrogen and oxygen atoms in total. The molecule has 5 heterocycles. The molecule has 4 atom stereocenters. The number of β-amino-alcohol motifs (C(OH)–C–C–N with tert-alkyl or cyclic N) is 1. The molecule has 3 aromatic heterocycles. The normalized spacial score (nSPS) is 16.9. The van der Waals surface area contributed by atoms with Gasteiger partial charge >= 0.3 is 0 Å². The summed E-state index contributed by atoms with van der Waals surface area (Å²) in [6.45, 7) is 13.9. The molecule has 0 spiro atoms. The maximum Gasteiger partial charge on any atom is 0.246 e. The van der Waals surface area contributed by atoms with Crippen molar-refractivity contribution in [1.82, 2.24) is 35.3 Å². The fourth-order valence-electron chi connectivity index (χ4n) is 8.68. The maximum absolute atomic E-state index is 14.1. The van der Waals surface area contributed by atoms with Crippen LogP contribution in [0.2, 0.25) is 5.02 Å². The van der Waals surface area contributed by atoms with Crippen LogP contribution >= 0.6 is 34.3 Å². The maximum atomic E-state index is 14.1. The number of aliphatic imine (C=N–C) groups is 1. The van der Waals surface area contributed by atoms with Crippen molar-refractivity contribution in [3.05, 3.63) is 128 Å². The largest absolute Gasteiger partial charge is 0.493 e. The number of aryl methyl sites for hydroxylation is 3. The zero-order valence-electron chi connectivity index (χ0n) is 40.7. The van der Waals surface area contributed by atoms with Gasteiger partial charge < -0.3 is 35.4 Å². The average Bonchev–Trinajstić information content (AvgIpc) is 4.10. The molecule has 3 aromatic carbocycles. The molecule has 0 saturated carbocycles. The number of carbonyl (C=O) groups is 4. The molecule has 0 aliphatic carbocycles. The van der Waals surface area contributed by atoms with Gasteiger partial charge in [-0.05, 0) is 74.1 Å². The zero-order valence-corrected chi connectivity index (χ0v) is 43.1. The quantitative estimate of drug-likeness (QED) is 0.0652. The highest BCUT2D eigenvalue weighted by molar-refractivity contribution is 7.15. The van der Waals surface area contributed by atoms with Gasteiger partial charge in [0.05, 0.1) is 47.5 Å². The summed E-state index contributed by atoms with van der Waals surface area (Å²) in [5.74, 6) is 0.222. The SMILES string of the molecule is Cc1ncsc1-c1ccc(CNC(=O)[C@@H]2C[C@@H](O)CN2C(=O)[C@@H](NC(=O)COCCCOc2cccc(NC(=O)CC3N=C(c4ccc(Cl)cc4)c4c(sc(C)c4C)-n4c(C)nnc43)c2)C(C)(C)C)cc1. The molecule has 1 fully saturated rings. The Bertz CT molecular complexity index is 2940. The number of anilines is 1.